The predicted molar refractivity (Wildman–Crippen MR) is 128 cm³/mol. The van der Waals surface area contributed by atoms with Crippen molar-refractivity contribution in [3.05, 3.63) is 59.5 Å². The monoisotopic (exact) mass is 474 g/mol. The highest BCUT2D eigenvalue weighted by atomic mass is 19.1. The summed E-state index contributed by atoms with van der Waals surface area (Å²) in [5.74, 6) is -0.447. The van der Waals surface area contributed by atoms with E-state index in [0.29, 0.717) is 27.9 Å². The molecule has 0 saturated heterocycles. The van der Waals surface area contributed by atoms with Crippen LogP contribution in [0.25, 0.3) is 22.6 Å². The van der Waals surface area contributed by atoms with Gasteiger partial charge in [-0.05, 0) is 39.0 Å². The molecule has 0 saturated carbocycles. The average molecular weight is 475 g/mol. The number of halogens is 1. The Labute approximate surface area is 199 Å². The number of carbonyl (C=O) groups excluding carboxylic acids is 2. The molecule has 11 heteroatoms. The highest BCUT2D eigenvalue weighted by Gasteiger charge is 2.43. The number of benzene rings is 1. The summed E-state index contributed by atoms with van der Waals surface area (Å²) in [6, 6.07) is 9.20. The Kier molecular flexibility index (Phi) is 5.28. The molecule has 0 aliphatic carbocycles. The van der Waals surface area contributed by atoms with Gasteiger partial charge in [0.25, 0.3) is 0 Å². The van der Waals surface area contributed by atoms with E-state index in [1.165, 1.54) is 6.07 Å². The molecule has 0 radical (unpaired) electrons. The van der Waals surface area contributed by atoms with Gasteiger partial charge in [0, 0.05) is 11.8 Å². The average Bonchev–Trinajstić information content (AvgIpc) is 3.29. The van der Waals surface area contributed by atoms with Crippen LogP contribution < -0.4 is 16.4 Å². The lowest BCUT2D eigenvalue weighted by molar-refractivity contribution is -0.120. The van der Waals surface area contributed by atoms with Gasteiger partial charge in [-0.25, -0.2) is 24.0 Å². The summed E-state index contributed by atoms with van der Waals surface area (Å²) in [7, 11) is 0. The van der Waals surface area contributed by atoms with Crippen LogP contribution in [0.5, 0.6) is 0 Å². The zero-order valence-corrected chi connectivity index (χ0v) is 19.3. The molecule has 4 heterocycles. The molecule has 3 aromatic heterocycles. The van der Waals surface area contributed by atoms with Crippen molar-refractivity contribution in [2.24, 2.45) is 5.73 Å². The number of nitrogens with zero attached hydrogens (tertiary/aromatic N) is 5. The minimum atomic E-state index is -0.970. The van der Waals surface area contributed by atoms with Gasteiger partial charge in [-0.1, -0.05) is 18.2 Å². The number of nitrogens with two attached hydrogens (primary N) is 1. The number of hydrogen-bond acceptors (Lipinski definition) is 7. The number of pyridine rings is 1. The number of rotatable bonds is 5. The van der Waals surface area contributed by atoms with Crippen molar-refractivity contribution in [3.8, 4) is 11.5 Å². The van der Waals surface area contributed by atoms with Crippen LogP contribution in [0, 0.1) is 5.82 Å². The summed E-state index contributed by atoms with van der Waals surface area (Å²) < 4.78 is 15.9. The van der Waals surface area contributed by atoms with Gasteiger partial charge in [-0.2, -0.15) is 5.10 Å². The molecule has 0 spiro atoms. The van der Waals surface area contributed by atoms with E-state index in [-0.39, 0.29) is 35.7 Å². The third-order valence-electron chi connectivity index (χ3n) is 5.99. The topological polar surface area (TPSA) is 141 Å². The van der Waals surface area contributed by atoms with E-state index < -0.39 is 17.4 Å². The molecule has 178 valence electrons. The second-order valence-electron chi connectivity index (χ2n) is 8.95. The fraction of sp³-hybridized carbons (Fsp3) is 0.250. The summed E-state index contributed by atoms with van der Waals surface area (Å²) >= 11 is 0. The molecule has 2 amide bonds. The van der Waals surface area contributed by atoms with Crippen molar-refractivity contribution in [3.63, 3.8) is 0 Å². The highest BCUT2D eigenvalue weighted by molar-refractivity contribution is 6.08. The Morgan fingerprint density at radius 1 is 1.23 bits per heavy atom. The molecule has 10 nitrogen and oxygen atoms in total. The number of carbonyl (C=O) groups is 2. The summed E-state index contributed by atoms with van der Waals surface area (Å²) in [6.07, 6.45) is 1.62. The Bertz CT molecular complexity index is 1490. The van der Waals surface area contributed by atoms with Gasteiger partial charge in [-0.15, -0.1) is 0 Å². The van der Waals surface area contributed by atoms with Gasteiger partial charge in [0.1, 0.15) is 23.1 Å². The molecule has 4 N–H and O–H groups in total. The molecule has 0 unspecified atom stereocenters. The van der Waals surface area contributed by atoms with Crippen molar-refractivity contribution < 1.29 is 14.0 Å². The van der Waals surface area contributed by atoms with Crippen molar-refractivity contribution >= 4 is 34.5 Å². The lowest BCUT2D eigenvalue weighted by Crippen LogP contribution is -2.34. The Balaban J connectivity index is 1.68. The van der Waals surface area contributed by atoms with Crippen LogP contribution in [0.2, 0.25) is 0 Å². The van der Waals surface area contributed by atoms with Gasteiger partial charge in [0.2, 0.25) is 11.8 Å². The summed E-state index contributed by atoms with van der Waals surface area (Å²) in [6.45, 7) is 5.14. The van der Waals surface area contributed by atoms with Gasteiger partial charge < -0.3 is 16.4 Å². The Hall–Kier alpha value is -4.25. The van der Waals surface area contributed by atoms with E-state index in [1.807, 2.05) is 6.07 Å². The minimum Gasteiger partial charge on any atom is -0.320 e. The molecule has 1 aromatic carbocycles. The number of aromatic nitrogens is 5. The quantitative estimate of drug-likeness (QED) is 0.404. The van der Waals surface area contributed by atoms with Crippen LogP contribution >= 0.6 is 0 Å². The largest absolute Gasteiger partial charge is 0.320 e. The Morgan fingerprint density at radius 3 is 2.74 bits per heavy atom. The summed E-state index contributed by atoms with van der Waals surface area (Å²) in [5.41, 5.74) is 6.58. The van der Waals surface area contributed by atoms with Crippen LogP contribution in [-0.2, 0) is 21.5 Å². The minimum absolute atomic E-state index is 0.142. The summed E-state index contributed by atoms with van der Waals surface area (Å²) in [4.78, 5) is 38.7. The van der Waals surface area contributed by atoms with Gasteiger partial charge in [0.05, 0.1) is 29.0 Å². The summed E-state index contributed by atoms with van der Waals surface area (Å²) in [5, 5.41) is 10.8. The molecule has 1 aliphatic heterocycles. The van der Waals surface area contributed by atoms with E-state index in [4.69, 9.17) is 5.73 Å². The first kappa shape index (κ1) is 22.5. The fourth-order valence-electron chi connectivity index (χ4n) is 4.02. The van der Waals surface area contributed by atoms with Crippen LogP contribution in [0.15, 0.2) is 42.6 Å². The SMILES string of the molecule is C[C@H](N)C(=O)Nc1nc(-c2nn(Cc3ccccc3F)c3ncccc23)nc2c1C(C)(C)C(=O)N2. The third kappa shape index (κ3) is 3.79. The van der Waals surface area contributed by atoms with Crippen molar-refractivity contribution in [1.82, 2.24) is 24.7 Å². The van der Waals surface area contributed by atoms with Crippen molar-refractivity contribution in [1.29, 1.82) is 0 Å². The lowest BCUT2D eigenvalue weighted by Gasteiger charge is -2.19. The normalized spacial score (nSPS) is 15.1. The number of fused-ring (bicyclic) bond motifs is 2. The zero-order valence-electron chi connectivity index (χ0n) is 19.3. The second kappa shape index (κ2) is 8.20. The maximum absolute atomic E-state index is 14.3. The molecule has 4 aromatic rings. The van der Waals surface area contributed by atoms with E-state index >= 15 is 0 Å². The van der Waals surface area contributed by atoms with E-state index in [1.54, 1.807) is 55.9 Å². The molecular formula is C24H23FN8O2. The first-order valence-corrected chi connectivity index (χ1v) is 11.0. The van der Waals surface area contributed by atoms with E-state index in [9.17, 15) is 14.0 Å². The zero-order chi connectivity index (χ0) is 24.9. The molecular weight excluding hydrogens is 451 g/mol. The lowest BCUT2D eigenvalue weighted by atomic mass is 9.87. The number of hydrogen-bond donors (Lipinski definition) is 3. The predicted octanol–water partition coefficient (Wildman–Crippen LogP) is 2.59. The molecule has 35 heavy (non-hydrogen) atoms. The molecule has 1 aliphatic rings. The van der Waals surface area contributed by atoms with Crippen molar-refractivity contribution in [2.45, 2.75) is 38.8 Å². The van der Waals surface area contributed by atoms with Crippen molar-refractivity contribution in [2.75, 3.05) is 10.6 Å². The van der Waals surface area contributed by atoms with Crippen LogP contribution in [0.1, 0.15) is 31.9 Å². The number of amides is 2. The second-order valence-corrected chi connectivity index (χ2v) is 8.95. The number of anilines is 2. The maximum atomic E-state index is 14.3. The first-order chi connectivity index (χ1) is 16.7. The Morgan fingerprint density at radius 2 is 2.00 bits per heavy atom. The smallest absolute Gasteiger partial charge is 0.242 e. The third-order valence-corrected chi connectivity index (χ3v) is 5.99. The first-order valence-electron chi connectivity index (χ1n) is 11.0. The maximum Gasteiger partial charge on any atom is 0.242 e. The van der Waals surface area contributed by atoms with E-state index in [0.717, 1.165) is 0 Å². The molecule has 1 atom stereocenters. The highest BCUT2D eigenvalue weighted by Crippen LogP contribution is 2.41. The van der Waals surface area contributed by atoms with Gasteiger partial charge in [-0.3, -0.25) is 9.59 Å². The molecule has 0 fully saturated rings. The molecule has 5 rings (SSSR count). The van der Waals surface area contributed by atoms with E-state index in [2.05, 4.69) is 30.7 Å². The fourth-order valence-corrected chi connectivity index (χ4v) is 4.02. The van der Waals surface area contributed by atoms with Gasteiger partial charge >= 0.3 is 0 Å². The standard InChI is InChI=1S/C24H23FN8O2/c1-12(26)22(34)30-18-16-19(31-23(35)24(16,2)3)29-20(28-18)17-14-8-6-10-27-21(14)33(32-17)11-13-7-4-5-9-15(13)25/h4-10,12H,11,26H2,1-3H3,(H2,28,29,30,31,34,35)/t12-/m0/s1. The van der Waals surface area contributed by atoms with Crippen LogP contribution in [-0.4, -0.2) is 42.6 Å². The number of nitrogens with one attached hydrogen (secondary N) is 2. The van der Waals surface area contributed by atoms with Crippen LogP contribution in [0.4, 0.5) is 16.0 Å². The van der Waals surface area contributed by atoms with Gasteiger partial charge in [0.15, 0.2) is 11.5 Å². The molecule has 0 bridgehead atoms. The van der Waals surface area contributed by atoms with Crippen LogP contribution in [0.3, 0.4) is 0 Å².